The van der Waals surface area contributed by atoms with Gasteiger partial charge in [-0.3, -0.25) is 19.2 Å². The first-order valence-electron chi connectivity index (χ1n) is 18.4. The van der Waals surface area contributed by atoms with Gasteiger partial charge in [0.2, 0.25) is 17.6 Å². The van der Waals surface area contributed by atoms with E-state index in [1.54, 1.807) is 0 Å². The summed E-state index contributed by atoms with van der Waals surface area (Å²) in [6.07, 6.45) is 11.2. The minimum Gasteiger partial charge on any atom is -0.346 e. The van der Waals surface area contributed by atoms with Crippen LogP contribution in [0.25, 0.3) is 0 Å². The smallest absolute Gasteiger partial charge is 0.315 e. The minimum atomic E-state index is -3.42. The standard InChI is InChI=1S/C36H59N5O7S/c1-6-18-37-32(44)30(42)27(20-25-14-15-25)38-31(43)29-19-24(2)22-41(29)33(45)28(21-35(3,4)5)39-34(46)40-36(16-10-7-11-17-36)23-49(47,48)26-12-8-9-13-26/h6,24-29H,1,7-23H2,2-5H3,(H,37,44)(H,38,43)(H2,39,40,46). The molecule has 0 aromatic heterocycles. The van der Waals surface area contributed by atoms with Crippen LogP contribution in [0.3, 0.4) is 0 Å². The van der Waals surface area contributed by atoms with Gasteiger partial charge in [0.15, 0.2) is 9.84 Å². The minimum absolute atomic E-state index is 0.0106. The lowest BCUT2D eigenvalue weighted by Crippen LogP contribution is -2.61. The van der Waals surface area contributed by atoms with Crippen molar-refractivity contribution in [1.82, 2.24) is 26.2 Å². The van der Waals surface area contributed by atoms with Gasteiger partial charge in [-0.25, -0.2) is 13.2 Å². The lowest BCUT2D eigenvalue weighted by molar-refractivity contribution is -0.143. The third kappa shape index (κ3) is 11.0. The number of Topliss-reactive ketones (excluding diaryl/α,β-unsaturated/α-hetero) is 1. The van der Waals surface area contributed by atoms with Gasteiger partial charge in [-0.2, -0.15) is 0 Å². The van der Waals surface area contributed by atoms with E-state index in [-0.39, 0.29) is 41.2 Å². The third-order valence-electron chi connectivity index (χ3n) is 10.5. The quantitative estimate of drug-likeness (QED) is 0.149. The number of sulfone groups is 1. The molecule has 4 aliphatic rings. The topological polar surface area (TPSA) is 171 Å². The van der Waals surface area contributed by atoms with E-state index in [2.05, 4.69) is 27.8 Å². The number of amides is 5. The highest BCUT2D eigenvalue weighted by Gasteiger charge is 2.45. The molecule has 1 heterocycles. The van der Waals surface area contributed by atoms with Gasteiger partial charge in [0.05, 0.1) is 22.6 Å². The summed E-state index contributed by atoms with van der Waals surface area (Å²) in [5, 5.41) is 10.9. The van der Waals surface area contributed by atoms with Crippen LogP contribution < -0.4 is 21.3 Å². The third-order valence-corrected chi connectivity index (χ3v) is 13.0. The maximum absolute atomic E-state index is 14.3. The number of carbonyl (C=O) groups excluding carboxylic acids is 5. The molecule has 13 heteroatoms. The lowest BCUT2D eigenvalue weighted by Gasteiger charge is -2.39. The van der Waals surface area contributed by atoms with E-state index < -0.39 is 63.0 Å². The summed E-state index contributed by atoms with van der Waals surface area (Å²) < 4.78 is 26.9. The van der Waals surface area contributed by atoms with Crippen LogP contribution in [0.5, 0.6) is 0 Å². The van der Waals surface area contributed by atoms with Crippen molar-refractivity contribution in [2.75, 3.05) is 18.8 Å². The van der Waals surface area contributed by atoms with Gasteiger partial charge in [-0.05, 0) is 62.2 Å². The van der Waals surface area contributed by atoms with Gasteiger partial charge >= 0.3 is 6.03 Å². The molecule has 0 spiro atoms. The second-order valence-corrected chi connectivity index (χ2v) is 18.7. The van der Waals surface area contributed by atoms with Crippen LogP contribution in [0.1, 0.15) is 118 Å². The molecule has 4 atom stereocenters. The molecule has 5 amide bonds. The number of nitrogens with one attached hydrogen (secondary N) is 4. The predicted molar refractivity (Wildman–Crippen MR) is 188 cm³/mol. The van der Waals surface area contributed by atoms with Gasteiger partial charge in [0, 0.05) is 13.1 Å². The Hall–Kier alpha value is -2.96. The molecule has 0 bridgehead atoms. The monoisotopic (exact) mass is 705 g/mol. The van der Waals surface area contributed by atoms with Crippen LogP contribution >= 0.6 is 0 Å². The highest BCUT2D eigenvalue weighted by molar-refractivity contribution is 7.92. The Balaban J connectivity index is 1.49. The average Bonchev–Trinajstić information content (AvgIpc) is 3.47. The van der Waals surface area contributed by atoms with Crippen molar-refractivity contribution >= 4 is 39.4 Å². The predicted octanol–water partition coefficient (Wildman–Crippen LogP) is 3.54. The van der Waals surface area contributed by atoms with Crippen molar-refractivity contribution in [2.45, 2.75) is 147 Å². The van der Waals surface area contributed by atoms with Crippen LogP contribution in [0.2, 0.25) is 0 Å². The van der Waals surface area contributed by atoms with Crippen LogP contribution in [0.4, 0.5) is 4.79 Å². The molecule has 276 valence electrons. The van der Waals surface area contributed by atoms with Gasteiger partial charge < -0.3 is 26.2 Å². The zero-order valence-corrected chi connectivity index (χ0v) is 30.8. The lowest BCUT2D eigenvalue weighted by atomic mass is 9.83. The number of ketones is 1. The molecule has 1 aliphatic heterocycles. The maximum Gasteiger partial charge on any atom is 0.315 e. The molecule has 4 unspecified atom stereocenters. The number of hydrogen-bond acceptors (Lipinski definition) is 7. The van der Waals surface area contributed by atoms with Crippen LogP contribution in [-0.2, 0) is 29.0 Å². The van der Waals surface area contributed by atoms with Crippen molar-refractivity contribution < 1.29 is 32.4 Å². The van der Waals surface area contributed by atoms with Crippen molar-refractivity contribution in [3.63, 3.8) is 0 Å². The molecule has 3 aliphatic carbocycles. The van der Waals surface area contributed by atoms with Gasteiger partial charge in [-0.1, -0.05) is 78.7 Å². The van der Waals surface area contributed by atoms with Gasteiger partial charge in [-0.15, -0.1) is 6.58 Å². The first-order chi connectivity index (χ1) is 23.0. The largest absolute Gasteiger partial charge is 0.346 e. The van der Waals surface area contributed by atoms with Crippen molar-refractivity contribution in [3.8, 4) is 0 Å². The number of hydrogen-bond donors (Lipinski definition) is 4. The van der Waals surface area contributed by atoms with Crippen LogP contribution in [0.15, 0.2) is 12.7 Å². The molecule has 12 nitrogen and oxygen atoms in total. The maximum atomic E-state index is 14.3. The SMILES string of the molecule is C=CCNC(=O)C(=O)C(CC1CC1)NC(=O)C1CC(C)CN1C(=O)C(CC(C)(C)C)NC(=O)NC1(CS(=O)(=O)C2CCCC2)CCCCC1. The molecule has 1 saturated heterocycles. The van der Waals surface area contributed by atoms with Crippen molar-refractivity contribution in [1.29, 1.82) is 0 Å². The number of nitrogens with zero attached hydrogens (tertiary/aromatic N) is 1. The molecule has 4 fully saturated rings. The fourth-order valence-corrected chi connectivity index (χ4v) is 10.3. The Morgan fingerprint density at radius 1 is 0.939 bits per heavy atom. The first-order valence-corrected chi connectivity index (χ1v) is 20.1. The zero-order chi connectivity index (χ0) is 36.0. The molecule has 0 aromatic rings. The molecule has 0 radical (unpaired) electrons. The molecule has 4 rings (SSSR count). The molecule has 4 N–H and O–H groups in total. The highest BCUT2D eigenvalue weighted by atomic mass is 32.2. The Morgan fingerprint density at radius 3 is 2.18 bits per heavy atom. The molecular formula is C36H59N5O7S. The second-order valence-electron chi connectivity index (χ2n) is 16.4. The summed E-state index contributed by atoms with van der Waals surface area (Å²) in [6.45, 7) is 11.8. The Morgan fingerprint density at radius 2 is 1.59 bits per heavy atom. The van der Waals surface area contributed by atoms with Crippen molar-refractivity contribution in [3.05, 3.63) is 12.7 Å². The zero-order valence-electron chi connectivity index (χ0n) is 30.0. The fraction of sp³-hybridized carbons (Fsp3) is 0.806. The van der Waals surface area contributed by atoms with E-state index in [9.17, 15) is 32.4 Å². The summed E-state index contributed by atoms with van der Waals surface area (Å²) >= 11 is 0. The highest BCUT2D eigenvalue weighted by Crippen LogP contribution is 2.35. The average molecular weight is 706 g/mol. The van der Waals surface area contributed by atoms with E-state index in [0.717, 1.165) is 44.9 Å². The Kier molecular flexibility index (Phi) is 13.0. The molecular weight excluding hydrogens is 646 g/mol. The summed E-state index contributed by atoms with van der Waals surface area (Å²) in [5.74, 6) is -2.27. The van der Waals surface area contributed by atoms with E-state index in [1.807, 2.05) is 27.7 Å². The van der Waals surface area contributed by atoms with Crippen LogP contribution in [0, 0.1) is 17.3 Å². The van der Waals surface area contributed by atoms with Crippen LogP contribution in [-0.4, -0.2) is 90.6 Å². The summed E-state index contributed by atoms with van der Waals surface area (Å²) in [6, 6.07) is -3.43. The van der Waals surface area contributed by atoms with E-state index in [1.165, 1.54) is 11.0 Å². The molecule has 49 heavy (non-hydrogen) atoms. The first kappa shape index (κ1) is 38.8. The Bertz CT molecular complexity index is 1340. The van der Waals surface area contributed by atoms with E-state index in [0.29, 0.717) is 45.1 Å². The van der Waals surface area contributed by atoms with E-state index in [4.69, 9.17) is 0 Å². The number of rotatable bonds is 15. The number of urea groups is 1. The van der Waals surface area contributed by atoms with Crippen molar-refractivity contribution in [2.24, 2.45) is 17.3 Å². The molecule has 0 aromatic carbocycles. The summed E-state index contributed by atoms with van der Waals surface area (Å²) in [5.41, 5.74) is -1.27. The normalized spacial score (nSPS) is 24.0. The Labute approximate surface area is 292 Å². The number of likely N-dealkylation sites (tertiary alicyclic amines) is 1. The second kappa shape index (κ2) is 16.4. The van der Waals surface area contributed by atoms with Gasteiger partial charge in [0.25, 0.3) is 5.91 Å². The number of carbonyl (C=O) groups is 5. The van der Waals surface area contributed by atoms with Gasteiger partial charge in [0.1, 0.15) is 12.1 Å². The summed E-state index contributed by atoms with van der Waals surface area (Å²) in [4.78, 5) is 68.8. The fourth-order valence-electron chi connectivity index (χ4n) is 7.87. The van der Waals surface area contributed by atoms with E-state index >= 15 is 0 Å². The molecule has 3 saturated carbocycles. The summed E-state index contributed by atoms with van der Waals surface area (Å²) in [7, 11) is -3.42.